The molecule has 2 aromatic carbocycles. The molecule has 28 heteroatoms. The van der Waals surface area contributed by atoms with Gasteiger partial charge in [0.15, 0.2) is 0 Å². The van der Waals surface area contributed by atoms with Crippen molar-refractivity contribution >= 4 is 73.9 Å². The van der Waals surface area contributed by atoms with E-state index in [0.717, 1.165) is 0 Å². The van der Waals surface area contributed by atoms with Crippen molar-refractivity contribution in [3.05, 3.63) is 151 Å². The van der Waals surface area contributed by atoms with Crippen LogP contribution in [0.1, 0.15) is 81.0 Å². The van der Waals surface area contributed by atoms with Gasteiger partial charge in [0.2, 0.25) is 11.9 Å². The normalized spacial score (nSPS) is 15.2. The second-order valence-electron chi connectivity index (χ2n) is 15.9. The molecule has 70 heavy (non-hydrogen) atoms. The van der Waals surface area contributed by atoms with Crippen molar-refractivity contribution in [1.29, 1.82) is 0 Å². The molecule has 2 amide bonds. The maximum atomic E-state index is 13.1. The van der Waals surface area contributed by atoms with Crippen LogP contribution in [0.4, 0.5) is 29.5 Å². The van der Waals surface area contributed by atoms with Crippen LogP contribution in [0.3, 0.4) is 0 Å². The predicted molar refractivity (Wildman–Crippen MR) is 263 cm³/mol. The van der Waals surface area contributed by atoms with E-state index in [1.165, 1.54) is 25.0 Å². The summed E-state index contributed by atoms with van der Waals surface area (Å²) in [6, 6.07) is 11.7. The van der Waals surface area contributed by atoms with Gasteiger partial charge in [-0.2, -0.15) is 37.0 Å². The van der Waals surface area contributed by atoms with Crippen molar-refractivity contribution in [2.24, 2.45) is 10.2 Å². The van der Waals surface area contributed by atoms with E-state index in [2.05, 4.69) is 71.2 Å². The first-order valence-corrected chi connectivity index (χ1v) is 21.4. The maximum absolute atomic E-state index is 13.1. The first-order valence-electron chi connectivity index (χ1n) is 20.7. The lowest BCUT2D eigenvalue weighted by Gasteiger charge is -2.35. The highest BCUT2D eigenvalue weighted by Gasteiger charge is 2.46. The summed E-state index contributed by atoms with van der Waals surface area (Å²) in [5, 5.41) is 19.5. The van der Waals surface area contributed by atoms with Gasteiger partial charge in [-0.25, -0.2) is 37.5 Å². The molecule has 0 saturated heterocycles. The molecule has 0 spiro atoms. The minimum absolute atomic E-state index is 0. The van der Waals surface area contributed by atoms with Gasteiger partial charge in [0.05, 0.1) is 25.2 Å². The molecule has 0 unspecified atom stereocenters. The van der Waals surface area contributed by atoms with Gasteiger partial charge in [0.25, 0.3) is 23.7 Å². The Bertz CT molecular complexity index is 2710. The van der Waals surface area contributed by atoms with Crippen LogP contribution in [0.25, 0.3) is 32.5 Å². The van der Waals surface area contributed by atoms with Crippen molar-refractivity contribution in [1.82, 2.24) is 49.7 Å². The van der Waals surface area contributed by atoms with Crippen LogP contribution in [-0.4, -0.2) is 87.9 Å². The van der Waals surface area contributed by atoms with E-state index in [-0.39, 0.29) is 89.0 Å². The third-order valence-electron chi connectivity index (χ3n) is 10.6. The van der Waals surface area contributed by atoms with Gasteiger partial charge in [-0.1, -0.05) is 57.7 Å². The van der Waals surface area contributed by atoms with Crippen molar-refractivity contribution in [2.75, 3.05) is 23.7 Å². The Morgan fingerprint density at radius 3 is 1.43 bits per heavy atom. The molecule has 6 aromatic rings. The number of benzene rings is 2. The highest BCUT2D eigenvalue weighted by Crippen LogP contribution is 2.39. The van der Waals surface area contributed by atoms with Gasteiger partial charge in [-0.3, -0.25) is 18.7 Å². The summed E-state index contributed by atoms with van der Waals surface area (Å²) in [7, 11) is 0. The minimum atomic E-state index is -2.65. The smallest absolute Gasteiger partial charge is 0.271 e. The van der Waals surface area contributed by atoms with Crippen LogP contribution in [-0.2, 0) is 0 Å². The van der Waals surface area contributed by atoms with E-state index in [4.69, 9.17) is 34.3 Å². The molecule has 2 atom stereocenters. The molecule has 2 fully saturated rings. The van der Waals surface area contributed by atoms with Gasteiger partial charge < -0.3 is 21.3 Å². The number of anilines is 2. The maximum Gasteiger partial charge on any atom is 0.271 e. The number of amides is 2. The fourth-order valence-electron chi connectivity index (χ4n) is 7.15. The van der Waals surface area contributed by atoms with Crippen molar-refractivity contribution in [2.45, 2.75) is 75.5 Å². The number of alkyl halides is 4. The summed E-state index contributed by atoms with van der Waals surface area (Å²) >= 11 is 12.1. The van der Waals surface area contributed by atoms with Gasteiger partial charge >= 0.3 is 0 Å². The van der Waals surface area contributed by atoms with Crippen LogP contribution in [0.2, 0.25) is 10.0 Å². The molecule has 0 bridgehead atoms. The zero-order valence-corrected chi connectivity index (χ0v) is 40.5. The summed E-state index contributed by atoms with van der Waals surface area (Å²) in [5.41, 5.74) is 20.4. The number of aromatic nitrogens is 8. The number of imidazole rings is 2. The molecule has 20 nitrogen and oxygen atoms in total. The fraction of sp³-hybridized carbons (Fsp3) is 0.333. The van der Waals surface area contributed by atoms with E-state index >= 15 is 0 Å². The molecule has 0 radical (unpaired) electrons. The van der Waals surface area contributed by atoms with E-state index in [1.54, 1.807) is 83.9 Å². The Labute approximate surface area is 420 Å². The van der Waals surface area contributed by atoms with E-state index in [1.807, 2.05) is 0 Å². The molecule has 4 heterocycles. The minimum Gasteiger partial charge on any atom is -0.351 e. The molecule has 2 aliphatic carbocycles. The number of rotatable bonds is 16. The molecule has 8 rings (SSSR count). The topological polar surface area (TPSA) is 267 Å². The second-order valence-corrected chi connectivity index (χ2v) is 16.8. The molecule has 4 N–H and O–H groups in total. The van der Waals surface area contributed by atoms with Crippen molar-refractivity contribution in [3.63, 3.8) is 0 Å². The summed E-state index contributed by atoms with van der Waals surface area (Å²) in [5.74, 6) is -4.94. The fourth-order valence-corrected chi connectivity index (χ4v) is 7.55. The lowest BCUT2D eigenvalue weighted by Crippen LogP contribution is -2.44. The van der Waals surface area contributed by atoms with Crippen LogP contribution in [0.5, 0.6) is 0 Å². The highest BCUT2D eigenvalue weighted by atomic mass is 35.5. The number of halogens is 6. The standard InChI is InChI=1S/2C21H20ClF2N9O.2H2S/c2*1-12-8-26-20(29-15-6-21(23,24)7-15)31-18(12)33-10-17(27-11-33)19(34)30-16(9-28-32-25)13-3-2-4-14(22)5-13;;/h2*2-5,8,10-11,15-16H,6-7,9H2,1H3,(H,30,34)(H,26,29,31);2*1H2/t2*16-;;/m11../s1. The number of nitrogens with zero attached hydrogens (tertiary/aromatic N) is 14. The molecule has 2 aliphatic rings. The molecular formula is C42H44Cl2F4N18O2S2. The van der Waals surface area contributed by atoms with Crippen LogP contribution in [0.15, 0.2) is 96.2 Å². The van der Waals surface area contributed by atoms with Gasteiger partial charge in [-0.05, 0) is 60.3 Å². The van der Waals surface area contributed by atoms with Crippen molar-refractivity contribution < 1.29 is 27.2 Å². The lowest BCUT2D eigenvalue weighted by molar-refractivity contribution is -0.0801. The number of carbonyl (C=O) groups excluding carboxylic acids is 2. The van der Waals surface area contributed by atoms with Gasteiger partial charge in [0.1, 0.15) is 35.7 Å². The molecule has 4 aromatic heterocycles. The number of hydrogen-bond donors (Lipinski definition) is 4. The lowest BCUT2D eigenvalue weighted by atomic mass is 9.88. The quantitative estimate of drug-likeness (QED) is 0.0308. The summed E-state index contributed by atoms with van der Waals surface area (Å²) in [6.45, 7) is 3.55. The Balaban J connectivity index is 0.000000254. The number of carbonyl (C=O) groups is 2. The summed E-state index contributed by atoms with van der Waals surface area (Å²) in [6.07, 6.45) is 7.91. The van der Waals surface area contributed by atoms with E-state index in [0.29, 0.717) is 43.9 Å². The number of nitrogens with one attached hydrogen (secondary N) is 4. The zero-order valence-electron chi connectivity index (χ0n) is 37.0. The number of azide groups is 2. The monoisotopic (exact) mass is 1040 g/mol. The summed E-state index contributed by atoms with van der Waals surface area (Å²) < 4.78 is 55.5. The van der Waals surface area contributed by atoms with Crippen LogP contribution >= 0.6 is 50.2 Å². The SMILES string of the molecule is Cc1cnc(NC2CC(F)(F)C2)nc1-n1cnc(C(=O)N[C@H](CN=[N+]=[N-])c2cccc(Cl)c2)c1.Cc1cnc(NC2CC(F)(F)C2)nc1-n1cnc(C(=O)N[C@H](CN=[N+]=[N-])c2cccc(Cl)c2)c1.S.S. The number of aryl methyl sites for hydroxylation is 2. The van der Waals surface area contributed by atoms with Gasteiger partial charge in [0, 0.05) is 93.5 Å². The first-order chi connectivity index (χ1) is 32.5. The molecular weight excluding hydrogens is 1000 g/mol. The Kier molecular flexibility index (Phi) is 18.3. The average molecular weight is 1040 g/mol. The Hall–Kier alpha value is -6.82. The largest absolute Gasteiger partial charge is 0.351 e. The molecule has 368 valence electrons. The average Bonchev–Trinajstić information content (AvgIpc) is 3.99. The highest BCUT2D eigenvalue weighted by molar-refractivity contribution is 7.59. The molecule has 0 aliphatic heterocycles. The van der Waals surface area contributed by atoms with Crippen molar-refractivity contribution in [3.8, 4) is 11.6 Å². The van der Waals surface area contributed by atoms with Crippen LogP contribution in [0, 0.1) is 13.8 Å². The van der Waals surface area contributed by atoms with E-state index < -0.39 is 47.8 Å². The predicted octanol–water partition coefficient (Wildman–Crippen LogP) is 9.46. The second kappa shape index (κ2) is 23.7. The first kappa shape index (κ1) is 54.1. The Morgan fingerprint density at radius 2 is 1.09 bits per heavy atom. The van der Waals surface area contributed by atoms with E-state index in [9.17, 15) is 27.2 Å². The molecule has 2 saturated carbocycles. The third kappa shape index (κ3) is 14.1. The third-order valence-corrected chi connectivity index (χ3v) is 11.1. The van der Waals surface area contributed by atoms with Gasteiger partial charge in [-0.15, -0.1) is 0 Å². The van der Waals surface area contributed by atoms with Crippen LogP contribution < -0.4 is 21.3 Å². The zero-order chi connectivity index (χ0) is 48.6. The Morgan fingerprint density at radius 1 is 0.700 bits per heavy atom. The number of hydrogen-bond acceptors (Lipinski definition) is 12. The summed E-state index contributed by atoms with van der Waals surface area (Å²) in [4.78, 5) is 56.7.